The molecular formula is C14H14N4OS. The predicted octanol–water partition coefficient (Wildman–Crippen LogP) is 2.09. The molecule has 0 bridgehead atoms. The number of nitrogens with zero attached hydrogens (tertiary/aromatic N) is 3. The number of hydrogen-bond acceptors (Lipinski definition) is 5. The van der Waals surface area contributed by atoms with Crippen molar-refractivity contribution in [1.29, 1.82) is 5.26 Å². The molecule has 0 aliphatic heterocycles. The second-order valence-corrected chi connectivity index (χ2v) is 5.11. The number of carbonyl (C=O) groups is 1. The van der Waals surface area contributed by atoms with E-state index in [1.807, 2.05) is 23.4 Å². The van der Waals surface area contributed by atoms with E-state index in [4.69, 9.17) is 5.26 Å². The van der Waals surface area contributed by atoms with Gasteiger partial charge < -0.3 is 5.32 Å². The number of nitriles is 1. The number of rotatable bonds is 5. The minimum atomic E-state index is -0.113. The standard InChI is InChI=1S/C14H14N4OS/c1-18(7-13-9-20-10-16-13)8-14(19)17-12-4-2-3-11(5-12)6-15/h2-5,9-10H,7-8H2,1H3,(H,17,19). The van der Waals surface area contributed by atoms with Crippen LogP contribution in [0.4, 0.5) is 5.69 Å². The van der Waals surface area contributed by atoms with Gasteiger partial charge in [0.05, 0.1) is 29.4 Å². The maximum absolute atomic E-state index is 11.9. The second kappa shape index (κ2) is 6.80. The Kier molecular flexibility index (Phi) is 4.82. The summed E-state index contributed by atoms with van der Waals surface area (Å²) in [7, 11) is 1.87. The molecule has 0 atom stereocenters. The van der Waals surface area contributed by atoms with Gasteiger partial charge in [0.15, 0.2) is 0 Å². The quantitative estimate of drug-likeness (QED) is 0.913. The molecule has 0 aliphatic carbocycles. The lowest BCUT2D eigenvalue weighted by molar-refractivity contribution is -0.117. The van der Waals surface area contributed by atoms with Gasteiger partial charge in [-0.05, 0) is 25.2 Å². The van der Waals surface area contributed by atoms with Gasteiger partial charge in [-0.3, -0.25) is 9.69 Å². The zero-order valence-electron chi connectivity index (χ0n) is 11.0. The highest BCUT2D eigenvalue weighted by atomic mass is 32.1. The lowest BCUT2D eigenvalue weighted by atomic mass is 10.2. The summed E-state index contributed by atoms with van der Waals surface area (Å²) in [4.78, 5) is 18.0. The van der Waals surface area contributed by atoms with Crippen LogP contribution in [0.3, 0.4) is 0 Å². The molecule has 2 rings (SSSR count). The molecule has 0 fully saturated rings. The number of anilines is 1. The van der Waals surface area contributed by atoms with E-state index in [1.165, 1.54) is 11.3 Å². The molecule has 0 aliphatic rings. The van der Waals surface area contributed by atoms with Crippen molar-refractivity contribution in [3.63, 3.8) is 0 Å². The molecule has 1 aromatic carbocycles. The molecule has 102 valence electrons. The van der Waals surface area contributed by atoms with Gasteiger partial charge >= 0.3 is 0 Å². The Morgan fingerprint density at radius 3 is 3.10 bits per heavy atom. The Labute approximate surface area is 121 Å². The molecule has 1 heterocycles. The van der Waals surface area contributed by atoms with E-state index in [-0.39, 0.29) is 12.5 Å². The Bertz CT molecular complexity index is 618. The summed E-state index contributed by atoms with van der Waals surface area (Å²) in [5.74, 6) is -0.113. The number of hydrogen-bond donors (Lipinski definition) is 1. The van der Waals surface area contributed by atoms with Crippen LogP contribution in [0.2, 0.25) is 0 Å². The average Bonchev–Trinajstić information content (AvgIpc) is 2.91. The fraction of sp³-hybridized carbons (Fsp3) is 0.214. The molecule has 1 N–H and O–H groups in total. The number of carbonyl (C=O) groups excluding carboxylic acids is 1. The summed E-state index contributed by atoms with van der Waals surface area (Å²) in [5, 5.41) is 13.5. The molecule has 6 heteroatoms. The molecule has 5 nitrogen and oxygen atoms in total. The van der Waals surface area contributed by atoms with Crippen LogP contribution in [0.25, 0.3) is 0 Å². The fourth-order valence-electron chi connectivity index (χ4n) is 1.76. The summed E-state index contributed by atoms with van der Waals surface area (Å²) in [5.41, 5.74) is 3.89. The van der Waals surface area contributed by atoms with Gasteiger partial charge in [0.1, 0.15) is 0 Å². The molecular weight excluding hydrogens is 272 g/mol. The van der Waals surface area contributed by atoms with Gasteiger partial charge in [0, 0.05) is 17.6 Å². The first-order chi connectivity index (χ1) is 9.67. The SMILES string of the molecule is CN(CC(=O)Nc1cccc(C#N)c1)Cc1cscn1. The van der Waals surface area contributed by atoms with Crippen molar-refractivity contribution in [1.82, 2.24) is 9.88 Å². The minimum Gasteiger partial charge on any atom is -0.325 e. The van der Waals surface area contributed by atoms with E-state index in [9.17, 15) is 4.79 Å². The van der Waals surface area contributed by atoms with Crippen molar-refractivity contribution in [3.05, 3.63) is 46.4 Å². The minimum absolute atomic E-state index is 0.113. The van der Waals surface area contributed by atoms with Gasteiger partial charge in [-0.1, -0.05) is 6.07 Å². The van der Waals surface area contributed by atoms with Crippen LogP contribution in [0, 0.1) is 11.3 Å². The third-order valence-electron chi connectivity index (χ3n) is 2.60. The molecule has 0 saturated carbocycles. The van der Waals surface area contributed by atoms with E-state index >= 15 is 0 Å². The molecule has 1 amide bonds. The Hall–Kier alpha value is -2.23. The highest BCUT2D eigenvalue weighted by Crippen LogP contribution is 2.10. The number of benzene rings is 1. The van der Waals surface area contributed by atoms with Gasteiger partial charge in [-0.15, -0.1) is 11.3 Å². The lowest BCUT2D eigenvalue weighted by Crippen LogP contribution is -2.29. The fourth-order valence-corrected chi connectivity index (χ4v) is 2.31. The van der Waals surface area contributed by atoms with Crippen molar-refractivity contribution >= 4 is 22.9 Å². The molecule has 2 aromatic rings. The second-order valence-electron chi connectivity index (χ2n) is 4.39. The van der Waals surface area contributed by atoms with Gasteiger partial charge in [-0.2, -0.15) is 5.26 Å². The Morgan fingerprint density at radius 1 is 1.55 bits per heavy atom. The Balaban J connectivity index is 1.87. The van der Waals surface area contributed by atoms with Crippen LogP contribution in [-0.2, 0) is 11.3 Å². The average molecular weight is 286 g/mol. The van der Waals surface area contributed by atoms with Gasteiger partial charge in [0.2, 0.25) is 5.91 Å². The summed E-state index contributed by atoms with van der Waals surface area (Å²) in [6.45, 7) is 0.906. The maximum Gasteiger partial charge on any atom is 0.238 e. The highest BCUT2D eigenvalue weighted by Gasteiger charge is 2.08. The van der Waals surface area contributed by atoms with Crippen molar-refractivity contribution in [2.24, 2.45) is 0 Å². The molecule has 0 spiro atoms. The van der Waals surface area contributed by atoms with Crippen LogP contribution in [0.15, 0.2) is 35.2 Å². The summed E-state index contributed by atoms with van der Waals surface area (Å²) in [6.07, 6.45) is 0. The number of aromatic nitrogens is 1. The summed E-state index contributed by atoms with van der Waals surface area (Å²) in [6, 6.07) is 8.90. The van der Waals surface area contributed by atoms with Crippen LogP contribution in [0.1, 0.15) is 11.3 Å². The molecule has 20 heavy (non-hydrogen) atoms. The largest absolute Gasteiger partial charge is 0.325 e. The van der Waals surface area contributed by atoms with Crippen molar-refractivity contribution in [3.8, 4) is 6.07 Å². The third-order valence-corrected chi connectivity index (χ3v) is 3.24. The van der Waals surface area contributed by atoms with E-state index in [0.717, 1.165) is 5.69 Å². The molecule has 0 radical (unpaired) electrons. The third kappa shape index (κ3) is 4.16. The van der Waals surface area contributed by atoms with Crippen LogP contribution < -0.4 is 5.32 Å². The first-order valence-electron chi connectivity index (χ1n) is 6.03. The number of thiazole rings is 1. The highest BCUT2D eigenvalue weighted by molar-refractivity contribution is 7.07. The van der Waals surface area contributed by atoms with Crippen molar-refractivity contribution in [2.75, 3.05) is 18.9 Å². The zero-order valence-corrected chi connectivity index (χ0v) is 11.9. The van der Waals surface area contributed by atoms with E-state index in [2.05, 4.69) is 10.3 Å². The monoisotopic (exact) mass is 286 g/mol. The van der Waals surface area contributed by atoms with Crippen LogP contribution in [-0.4, -0.2) is 29.4 Å². The van der Waals surface area contributed by atoms with E-state index in [1.54, 1.807) is 29.8 Å². The summed E-state index contributed by atoms with van der Waals surface area (Å²) >= 11 is 1.54. The zero-order chi connectivity index (χ0) is 14.4. The number of amides is 1. The van der Waals surface area contributed by atoms with Crippen molar-refractivity contribution < 1.29 is 4.79 Å². The van der Waals surface area contributed by atoms with Crippen LogP contribution >= 0.6 is 11.3 Å². The summed E-state index contributed by atoms with van der Waals surface area (Å²) < 4.78 is 0. The van der Waals surface area contributed by atoms with Crippen molar-refractivity contribution in [2.45, 2.75) is 6.54 Å². The first kappa shape index (κ1) is 14.2. The molecule has 0 saturated heterocycles. The topological polar surface area (TPSA) is 69.0 Å². The number of nitrogens with one attached hydrogen (secondary N) is 1. The molecule has 0 unspecified atom stereocenters. The first-order valence-corrected chi connectivity index (χ1v) is 6.97. The van der Waals surface area contributed by atoms with Crippen LogP contribution in [0.5, 0.6) is 0 Å². The van der Waals surface area contributed by atoms with Gasteiger partial charge in [-0.25, -0.2) is 4.98 Å². The van der Waals surface area contributed by atoms with E-state index in [0.29, 0.717) is 17.8 Å². The Morgan fingerprint density at radius 2 is 2.40 bits per heavy atom. The number of likely N-dealkylation sites (N-methyl/N-ethyl adjacent to an activating group) is 1. The normalized spacial score (nSPS) is 10.2. The van der Waals surface area contributed by atoms with Gasteiger partial charge in [0.25, 0.3) is 0 Å². The van der Waals surface area contributed by atoms with E-state index < -0.39 is 0 Å². The lowest BCUT2D eigenvalue weighted by Gasteiger charge is -2.14. The maximum atomic E-state index is 11.9. The predicted molar refractivity (Wildman–Crippen MR) is 78.2 cm³/mol. The molecule has 1 aromatic heterocycles. The smallest absolute Gasteiger partial charge is 0.238 e.